The number of nitrogens with one attached hydrogen (secondary N) is 1. The summed E-state index contributed by atoms with van der Waals surface area (Å²) in [7, 11) is 0. The van der Waals surface area contributed by atoms with Gasteiger partial charge in [-0.25, -0.2) is 4.79 Å². The molecule has 0 aliphatic carbocycles. The van der Waals surface area contributed by atoms with Gasteiger partial charge >= 0.3 is 6.09 Å². The Morgan fingerprint density at radius 2 is 1.86 bits per heavy atom. The number of benzene rings is 2. The minimum absolute atomic E-state index is 0.210. The van der Waals surface area contributed by atoms with Gasteiger partial charge in [0.2, 0.25) is 5.78 Å². The van der Waals surface area contributed by atoms with Crippen LogP contribution in [0.4, 0.5) is 10.5 Å². The van der Waals surface area contributed by atoms with Gasteiger partial charge < -0.3 is 4.74 Å². The first-order valence-corrected chi connectivity index (χ1v) is 6.74. The molecule has 3 rings (SSSR count). The van der Waals surface area contributed by atoms with Crippen LogP contribution in [0.3, 0.4) is 0 Å². The van der Waals surface area contributed by atoms with E-state index in [2.05, 4.69) is 5.32 Å². The van der Waals surface area contributed by atoms with Crippen LogP contribution in [0.2, 0.25) is 0 Å². The molecule has 0 saturated heterocycles. The molecule has 4 nitrogen and oxygen atoms in total. The summed E-state index contributed by atoms with van der Waals surface area (Å²) in [5.41, 5.74) is 3.87. The van der Waals surface area contributed by atoms with Gasteiger partial charge in [0.1, 0.15) is 0 Å². The van der Waals surface area contributed by atoms with Crippen LogP contribution in [0.25, 0.3) is 0 Å². The van der Waals surface area contributed by atoms with Gasteiger partial charge in [-0.15, -0.1) is 0 Å². The molecular formula is C17H15NO3. The van der Waals surface area contributed by atoms with Crippen molar-refractivity contribution in [2.75, 3.05) is 5.32 Å². The lowest BCUT2D eigenvalue weighted by atomic mass is 9.92. The number of hydrogen-bond acceptors (Lipinski definition) is 3. The van der Waals surface area contributed by atoms with Crippen LogP contribution >= 0.6 is 0 Å². The molecule has 21 heavy (non-hydrogen) atoms. The summed E-state index contributed by atoms with van der Waals surface area (Å²) in [6.07, 6.45) is -1.49. The number of aryl methyl sites for hydroxylation is 2. The second-order valence-electron chi connectivity index (χ2n) is 5.18. The average molecular weight is 281 g/mol. The van der Waals surface area contributed by atoms with Gasteiger partial charge in [0.05, 0.1) is 5.69 Å². The second kappa shape index (κ2) is 5.05. The molecule has 0 radical (unpaired) electrons. The van der Waals surface area contributed by atoms with Crippen molar-refractivity contribution in [2.24, 2.45) is 0 Å². The number of cyclic esters (lactones) is 1. The molecule has 1 unspecified atom stereocenters. The van der Waals surface area contributed by atoms with Crippen LogP contribution in [0.5, 0.6) is 0 Å². The summed E-state index contributed by atoms with van der Waals surface area (Å²) in [6, 6.07) is 12.7. The Bertz CT molecular complexity index is 722. The third kappa shape index (κ3) is 2.40. The molecule has 0 spiro atoms. The Labute approximate surface area is 122 Å². The SMILES string of the molecule is Cc1cc(C)c2c(c1)NC(=O)OC2C(=O)c1ccccc1. The van der Waals surface area contributed by atoms with E-state index >= 15 is 0 Å². The lowest BCUT2D eigenvalue weighted by Crippen LogP contribution is -2.30. The summed E-state index contributed by atoms with van der Waals surface area (Å²) in [5.74, 6) is -0.210. The smallest absolute Gasteiger partial charge is 0.412 e. The number of Topliss-reactive ketones (excluding diaryl/α,β-unsaturated/α-hetero) is 1. The highest BCUT2D eigenvalue weighted by Gasteiger charge is 2.34. The number of carbonyl (C=O) groups is 2. The van der Waals surface area contributed by atoms with E-state index in [0.29, 0.717) is 11.3 Å². The van der Waals surface area contributed by atoms with Crippen LogP contribution < -0.4 is 5.32 Å². The molecule has 4 heteroatoms. The van der Waals surface area contributed by atoms with Gasteiger partial charge in [-0.1, -0.05) is 36.4 Å². The summed E-state index contributed by atoms with van der Waals surface area (Å²) >= 11 is 0. The highest BCUT2D eigenvalue weighted by atomic mass is 16.6. The number of fused-ring (bicyclic) bond motifs is 1. The lowest BCUT2D eigenvalue weighted by Gasteiger charge is -2.27. The highest BCUT2D eigenvalue weighted by Crippen LogP contribution is 2.36. The number of ether oxygens (including phenoxy) is 1. The van der Waals surface area contributed by atoms with Crippen molar-refractivity contribution in [1.82, 2.24) is 0 Å². The van der Waals surface area contributed by atoms with Crippen molar-refractivity contribution < 1.29 is 14.3 Å². The van der Waals surface area contributed by atoms with Crippen molar-refractivity contribution >= 4 is 17.6 Å². The number of hydrogen-bond donors (Lipinski definition) is 1. The fourth-order valence-corrected chi connectivity index (χ4v) is 2.67. The largest absolute Gasteiger partial charge is 0.433 e. The Balaban J connectivity index is 2.09. The molecule has 0 aromatic heterocycles. The quantitative estimate of drug-likeness (QED) is 0.852. The topological polar surface area (TPSA) is 55.4 Å². The molecular weight excluding hydrogens is 266 g/mol. The maximum atomic E-state index is 12.6. The van der Waals surface area contributed by atoms with Gasteiger partial charge in [0, 0.05) is 11.1 Å². The third-order valence-corrected chi connectivity index (χ3v) is 3.55. The maximum absolute atomic E-state index is 12.6. The first-order valence-electron chi connectivity index (χ1n) is 6.74. The van der Waals surface area contributed by atoms with Crippen LogP contribution in [-0.4, -0.2) is 11.9 Å². The Morgan fingerprint density at radius 1 is 1.14 bits per heavy atom. The number of rotatable bonds is 2. The van der Waals surface area contributed by atoms with Crippen LogP contribution in [-0.2, 0) is 4.74 Å². The van der Waals surface area contributed by atoms with Crippen LogP contribution in [0.15, 0.2) is 42.5 Å². The minimum atomic E-state index is -0.892. The van der Waals surface area contributed by atoms with E-state index in [0.717, 1.165) is 16.7 Å². The van der Waals surface area contributed by atoms with Gasteiger partial charge in [-0.05, 0) is 31.0 Å². The van der Waals surface area contributed by atoms with Gasteiger partial charge in [-0.3, -0.25) is 10.1 Å². The Morgan fingerprint density at radius 3 is 2.57 bits per heavy atom. The molecule has 0 fully saturated rings. The van der Waals surface area contributed by atoms with Gasteiger partial charge in [0.15, 0.2) is 6.10 Å². The van der Waals surface area contributed by atoms with Crippen molar-refractivity contribution in [2.45, 2.75) is 20.0 Å². The molecule has 1 aliphatic heterocycles. The number of carbonyl (C=O) groups excluding carboxylic acids is 2. The molecule has 1 atom stereocenters. The number of ketones is 1. The van der Waals surface area contributed by atoms with E-state index in [1.54, 1.807) is 24.3 Å². The molecule has 1 heterocycles. The fraction of sp³-hybridized carbons (Fsp3) is 0.176. The van der Waals surface area contributed by atoms with E-state index < -0.39 is 12.2 Å². The van der Waals surface area contributed by atoms with Gasteiger partial charge in [0.25, 0.3) is 0 Å². The first kappa shape index (κ1) is 13.4. The summed E-state index contributed by atoms with van der Waals surface area (Å²) in [4.78, 5) is 24.3. The standard InChI is InChI=1S/C17H15NO3/c1-10-8-11(2)14-13(9-10)18-17(20)21-16(14)15(19)12-6-4-3-5-7-12/h3-9,16H,1-2H3,(H,18,20). The molecule has 1 aliphatic rings. The molecule has 106 valence electrons. The summed E-state index contributed by atoms with van der Waals surface area (Å²) in [5, 5.41) is 2.66. The van der Waals surface area contributed by atoms with Crippen molar-refractivity contribution in [1.29, 1.82) is 0 Å². The monoisotopic (exact) mass is 281 g/mol. The van der Waals surface area contributed by atoms with E-state index in [-0.39, 0.29) is 5.78 Å². The predicted octanol–water partition coefficient (Wildman–Crippen LogP) is 3.79. The molecule has 2 aromatic carbocycles. The van der Waals surface area contributed by atoms with Gasteiger partial charge in [-0.2, -0.15) is 0 Å². The number of anilines is 1. The van der Waals surface area contributed by atoms with E-state index in [1.165, 1.54) is 0 Å². The predicted molar refractivity (Wildman–Crippen MR) is 79.5 cm³/mol. The van der Waals surface area contributed by atoms with E-state index in [4.69, 9.17) is 4.74 Å². The van der Waals surface area contributed by atoms with Crippen LogP contribution in [0, 0.1) is 13.8 Å². The zero-order valence-electron chi connectivity index (χ0n) is 11.8. The van der Waals surface area contributed by atoms with Crippen molar-refractivity contribution in [3.05, 3.63) is 64.7 Å². The highest BCUT2D eigenvalue weighted by molar-refractivity contribution is 6.04. The Hall–Kier alpha value is -2.62. The normalized spacial score (nSPS) is 16.7. The average Bonchev–Trinajstić information content (AvgIpc) is 2.45. The first-order chi connectivity index (χ1) is 10.1. The van der Waals surface area contributed by atoms with E-state index in [9.17, 15) is 9.59 Å². The summed E-state index contributed by atoms with van der Waals surface area (Å²) < 4.78 is 5.25. The molecule has 1 amide bonds. The molecule has 1 N–H and O–H groups in total. The second-order valence-corrected chi connectivity index (χ2v) is 5.18. The molecule has 2 aromatic rings. The molecule has 0 bridgehead atoms. The third-order valence-electron chi connectivity index (χ3n) is 3.55. The maximum Gasteiger partial charge on any atom is 0.412 e. The molecule has 0 saturated carbocycles. The van der Waals surface area contributed by atoms with Crippen molar-refractivity contribution in [3.8, 4) is 0 Å². The fourth-order valence-electron chi connectivity index (χ4n) is 2.67. The summed E-state index contributed by atoms with van der Waals surface area (Å²) in [6.45, 7) is 3.86. The lowest BCUT2D eigenvalue weighted by molar-refractivity contribution is 0.0649. The zero-order valence-corrected chi connectivity index (χ0v) is 11.8. The Kier molecular flexibility index (Phi) is 3.22. The number of amides is 1. The van der Waals surface area contributed by atoms with E-state index in [1.807, 2.05) is 32.0 Å². The minimum Gasteiger partial charge on any atom is -0.433 e. The van der Waals surface area contributed by atoms with Crippen LogP contribution in [0.1, 0.15) is 33.2 Å². The van der Waals surface area contributed by atoms with Crippen molar-refractivity contribution in [3.63, 3.8) is 0 Å². The zero-order chi connectivity index (χ0) is 15.0.